The zero-order valence-electron chi connectivity index (χ0n) is 7.29. The van der Waals surface area contributed by atoms with Gasteiger partial charge in [-0.1, -0.05) is 0 Å². The van der Waals surface area contributed by atoms with E-state index in [0.29, 0.717) is 6.54 Å². The van der Waals surface area contributed by atoms with Crippen molar-refractivity contribution in [3.8, 4) is 0 Å². The monoisotopic (exact) mass is 165 g/mol. The number of rotatable bonds is 2. The van der Waals surface area contributed by atoms with E-state index in [0.717, 1.165) is 13.0 Å². The Balaban J connectivity index is 2.25. The molecule has 2 N–H and O–H groups in total. The standard InChI is InChI=1S/C9H15N3/c10-5-4-9-11-7-8-3-1-2-6-12(8)9/h7H,1-6,10H2. The maximum atomic E-state index is 5.50. The molecule has 0 radical (unpaired) electrons. The first-order valence-corrected chi connectivity index (χ1v) is 4.65. The molecular weight excluding hydrogens is 150 g/mol. The molecule has 0 saturated heterocycles. The van der Waals surface area contributed by atoms with E-state index in [1.807, 2.05) is 6.20 Å². The molecule has 1 aromatic rings. The fourth-order valence-corrected chi connectivity index (χ4v) is 1.83. The van der Waals surface area contributed by atoms with Crippen molar-refractivity contribution in [3.05, 3.63) is 17.7 Å². The minimum atomic E-state index is 0.705. The van der Waals surface area contributed by atoms with E-state index in [1.165, 1.54) is 30.8 Å². The van der Waals surface area contributed by atoms with Crippen LogP contribution in [0, 0.1) is 0 Å². The molecule has 12 heavy (non-hydrogen) atoms. The number of fused-ring (bicyclic) bond motifs is 1. The van der Waals surface area contributed by atoms with Gasteiger partial charge in [-0.15, -0.1) is 0 Å². The lowest BCUT2D eigenvalue weighted by Gasteiger charge is -2.15. The second kappa shape index (κ2) is 3.27. The third-order valence-electron chi connectivity index (χ3n) is 2.45. The van der Waals surface area contributed by atoms with Crippen LogP contribution in [0.2, 0.25) is 0 Å². The molecule has 0 fully saturated rings. The fourth-order valence-electron chi connectivity index (χ4n) is 1.83. The van der Waals surface area contributed by atoms with E-state index < -0.39 is 0 Å². The van der Waals surface area contributed by atoms with Crippen LogP contribution in [-0.2, 0) is 19.4 Å². The summed E-state index contributed by atoms with van der Waals surface area (Å²) in [5.74, 6) is 1.17. The summed E-state index contributed by atoms with van der Waals surface area (Å²) in [6, 6.07) is 0. The maximum absolute atomic E-state index is 5.50. The Morgan fingerprint density at radius 2 is 2.42 bits per heavy atom. The Hall–Kier alpha value is -0.830. The van der Waals surface area contributed by atoms with Crippen LogP contribution in [0.25, 0.3) is 0 Å². The quantitative estimate of drug-likeness (QED) is 0.701. The first-order valence-electron chi connectivity index (χ1n) is 4.65. The van der Waals surface area contributed by atoms with E-state index >= 15 is 0 Å². The number of hydrogen-bond acceptors (Lipinski definition) is 2. The van der Waals surface area contributed by atoms with Gasteiger partial charge in [0.2, 0.25) is 0 Å². The lowest BCUT2D eigenvalue weighted by molar-refractivity contribution is 0.514. The molecule has 2 rings (SSSR count). The molecule has 0 bridgehead atoms. The van der Waals surface area contributed by atoms with Gasteiger partial charge in [-0.25, -0.2) is 4.98 Å². The second-order valence-corrected chi connectivity index (χ2v) is 3.31. The number of nitrogens with two attached hydrogens (primary N) is 1. The van der Waals surface area contributed by atoms with Gasteiger partial charge in [0.25, 0.3) is 0 Å². The highest BCUT2D eigenvalue weighted by Gasteiger charge is 2.12. The highest BCUT2D eigenvalue weighted by atomic mass is 15.1. The third kappa shape index (κ3) is 1.25. The first kappa shape index (κ1) is 7.80. The van der Waals surface area contributed by atoms with Gasteiger partial charge in [0, 0.05) is 24.9 Å². The smallest absolute Gasteiger partial charge is 0.110 e. The molecule has 0 atom stereocenters. The number of aryl methyl sites for hydroxylation is 1. The summed E-state index contributed by atoms with van der Waals surface area (Å²) in [6.07, 6.45) is 6.72. The van der Waals surface area contributed by atoms with Crippen LogP contribution in [0.4, 0.5) is 0 Å². The molecule has 2 heterocycles. The van der Waals surface area contributed by atoms with Crippen molar-refractivity contribution in [1.29, 1.82) is 0 Å². The van der Waals surface area contributed by atoms with E-state index in [1.54, 1.807) is 0 Å². The molecule has 0 amide bonds. The molecule has 0 unspecified atom stereocenters. The van der Waals surface area contributed by atoms with Crippen molar-refractivity contribution in [2.45, 2.75) is 32.2 Å². The maximum Gasteiger partial charge on any atom is 0.110 e. The summed E-state index contributed by atoms with van der Waals surface area (Å²) in [6.45, 7) is 1.85. The summed E-state index contributed by atoms with van der Waals surface area (Å²) in [5.41, 5.74) is 6.89. The Morgan fingerprint density at radius 1 is 1.50 bits per heavy atom. The minimum Gasteiger partial charge on any atom is -0.332 e. The average molecular weight is 165 g/mol. The predicted molar refractivity (Wildman–Crippen MR) is 47.9 cm³/mol. The van der Waals surface area contributed by atoms with Gasteiger partial charge >= 0.3 is 0 Å². The molecule has 1 aliphatic rings. The topological polar surface area (TPSA) is 43.8 Å². The van der Waals surface area contributed by atoms with Gasteiger partial charge in [-0.05, 0) is 25.8 Å². The Bertz CT molecular complexity index is 265. The van der Waals surface area contributed by atoms with Gasteiger partial charge in [-0.2, -0.15) is 0 Å². The summed E-state index contributed by atoms with van der Waals surface area (Å²) in [5, 5.41) is 0. The number of imidazole rings is 1. The van der Waals surface area contributed by atoms with E-state index in [2.05, 4.69) is 9.55 Å². The lowest BCUT2D eigenvalue weighted by atomic mass is 10.1. The molecule has 0 saturated carbocycles. The molecule has 0 spiro atoms. The van der Waals surface area contributed by atoms with Gasteiger partial charge in [0.15, 0.2) is 0 Å². The van der Waals surface area contributed by atoms with Gasteiger partial charge < -0.3 is 10.3 Å². The molecule has 1 aliphatic heterocycles. The highest BCUT2D eigenvalue weighted by Crippen LogP contribution is 2.16. The van der Waals surface area contributed by atoms with Crippen LogP contribution >= 0.6 is 0 Å². The Labute approximate surface area is 72.6 Å². The largest absolute Gasteiger partial charge is 0.332 e. The molecule has 0 aliphatic carbocycles. The average Bonchev–Trinajstić information content (AvgIpc) is 2.50. The molecular formula is C9H15N3. The number of nitrogens with zero attached hydrogens (tertiary/aromatic N) is 2. The van der Waals surface area contributed by atoms with Gasteiger partial charge in [-0.3, -0.25) is 0 Å². The van der Waals surface area contributed by atoms with Crippen molar-refractivity contribution >= 4 is 0 Å². The molecule has 3 heteroatoms. The number of aromatic nitrogens is 2. The zero-order chi connectivity index (χ0) is 8.39. The molecule has 0 aromatic carbocycles. The van der Waals surface area contributed by atoms with Crippen molar-refractivity contribution in [3.63, 3.8) is 0 Å². The second-order valence-electron chi connectivity index (χ2n) is 3.31. The van der Waals surface area contributed by atoms with E-state index in [4.69, 9.17) is 5.73 Å². The third-order valence-corrected chi connectivity index (χ3v) is 2.45. The van der Waals surface area contributed by atoms with Crippen LogP contribution in [0.1, 0.15) is 24.4 Å². The van der Waals surface area contributed by atoms with Crippen molar-refractivity contribution < 1.29 is 0 Å². The van der Waals surface area contributed by atoms with Gasteiger partial charge in [0.05, 0.1) is 0 Å². The lowest BCUT2D eigenvalue weighted by Crippen LogP contribution is -2.15. The fraction of sp³-hybridized carbons (Fsp3) is 0.667. The van der Waals surface area contributed by atoms with Gasteiger partial charge in [0.1, 0.15) is 5.82 Å². The Kier molecular flexibility index (Phi) is 2.13. The van der Waals surface area contributed by atoms with Crippen molar-refractivity contribution in [1.82, 2.24) is 9.55 Å². The summed E-state index contributed by atoms with van der Waals surface area (Å²) in [4.78, 5) is 4.37. The normalized spacial score (nSPS) is 16.1. The molecule has 66 valence electrons. The van der Waals surface area contributed by atoms with Crippen LogP contribution in [0.15, 0.2) is 6.20 Å². The van der Waals surface area contributed by atoms with Crippen LogP contribution in [-0.4, -0.2) is 16.1 Å². The van der Waals surface area contributed by atoms with Crippen molar-refractivity contribution in [2.75, 3.05) is 6.54 Å². The highest BCUT2D eigenvalue weighted by molar-refractivity contribution is 5.08. The summed E-state index contributed by atoms with van der Waals surface area (Å²) < 4.78 is 2.33. The van der Waals surface area contributed by atoms with Crippen molar-refractivity contribution in [2.24, 2.45) is 5.73 Å². The van der Waals surface area contributed by atoms with E-state index in [-0.39, 0.29) is 0 Å². The SMILES string of the molecule is NCCc1ncc2n1CCCC2. The minimum absolute atomic E-state index is 0.705. The van der Waals surface area contributed by atoms with E-state index in [9.17, 15) is 0 Å². The molecule has 3 nitrogen and oxygen atoms in total. The Morgan fingerprint density at radius 3 is 3.25 bits per heavy atom. The zero-order valence-corrected chi connectivity index (χ0v) is 7.29. The van der Waals surface area contributed by atoms with Crippen LogP contribution in [0.5, 0.6) is 0 Å². The first-order chi connectivity index (χ1) is 5.92. The predicted octanol–water partition coefficient (Wildman–Crippen LogP) is 0.721. The summed E-state index contributed by atoms with van der Waals surface area (Å²) >= 11 is 0. The summed E-state index contributed by atoms with van der Waals surface area (Å²) in [7, 11) is 0. The number of hydrogen-bond donors (Lipinski definition) is 1. The van der Waals surface area contributed by atoms with Crippen LogP contribution < -0.4 is 5.73 Å². The van der Waals surface area contributed by atoms with Crippen LogP contribution in [0.3, 0.4) is 0 Å². The molecule has 1 aromatic heterocycles.